The fraction of sp³-hybridized carbons (Fsp3) is 0.263. The van der Waals surface area contributed by atoms with Gasteiger partial charge in [-0.15, -0.1) is 0 Å². The third kappa shape index (κ3) is 4.59. The summed E-state index contributed by atoms with van der Waals surface area (Å²) in [5.41, 5.74) is 6.43. The number of ether oxygens (including phenoxy) is 2. The highest BCUT2D eigenvalue weighted by Crippen LogP contribution is 2.24. The Morgan fingerprint density at radius 1 is 1.17 bits per heavy atom. The molecule has 0 fully saturated rings. The van der Waals surface area contributed by atoms with Gasteiger partial charge in [-0.25, -0.2) is 5.43 Å². The summed E-state index contributed by atoms with van der Waals surface area (Å²) in [6, 6.07) is 11.5. The summed E-state index contributed by atoms with van der Waals surface area (Å²) in [5, 5.41) is 3.94. The van der Waals surface area contributed by atoms with E-state index >= 15 is 0 Å². The smallest absolute Gasteiger partial charge is 0.277 e. The molecule has 0 aliphatic heterocycles. The average Bonchev–Trinajstić information content (AvgIpc) is 2.54. The molecule has 0 aromatic heterocycles. The van der Waals surface area contributed by atoms with Gasteiger partial charge in [0.1, 0.15) is 11.5 Å². The zero-order valence-corrected chi connectivity index (χ0v) is 14.4. The van der Waals surface area contributed by atoms with E-state index in [1.54, 1.807) is 13.3 Å². The molecular formula is C19H22N2O3. The maximum atomic E-state index is 11.9. The van der Waals surface area contributed by atoms with E-state index in [4.69, 9.17) is 9.47 Å². The number of carbonyl (C=O) groups excluding carboxylic acids is 1. The van der Waals surface area contributed by atoms with Crippen molar-refractivity contribution in [1.82, 2.24) is 5.43 Å². The lowest BCUT2D eigenvalue weighted by Crippen LogP contribution is -2.25. The molecule has 2 aromatic carbocycles. The number of rotatable bonds is 6. The largest absolute Gasteiger partial charge is 0.496 e. The molecule has 24 heavy (non-hydrogen) atoms. The normalized spacial score (nSPS) is 10.7. The van der Waals surface area contributed by atoms with Crippen LogP contribution in [-0.4, -0.2) is 25.8 Å². The van der Waals surface area contributed by atoms with Crippen molar-refractivity contribution in [3.63, 3.8) is 0 Å². The van der Waals surface area contributed by atoms with Crippen molar-refractivity contribution >= 4 is 12.1 Å². The highest BCUT2D eigenvalue weighted by Gasteiger charge is 2.08. The summed E-state index contributed by atoms with van der Waals surface area (Å²) < 4.78 is 10.8. The second-order valence-electron chi connectivity index (χ2n) is 5.55. The maximum Gasteiger partial charge on any atom is 0.277 e. The van der Waals surface area contributed by atoms with Gasteiger partial charge in [-0.2, -0.15) is 5.10 Å². The molecule has 0 saturated heterocycles. The monoisotopic (exact) mass is 326 g/mol. The lowest BCUT2D eigenvalue weighted by atomic mass is 10.1. The lowest BCUT2D eigenvalue weighted by Gasteiger charge is -2.12. The fourth-order valence-electron chi connectivity index (χ4n) is 2.51. The molecule has 1 amide bonds. The number of nitrogens with zero attached hydrogens (tertiary/aromatic N) is 1. The Morgan fingerprint density at radius 3 is 2.50 bits per heavy atom. The number of aryl methyl sites for hydroxylation is 3. The molecule has 0 spiro atoms. The number of hydrazone groups is 1. The van der Waals surface area contributed by atoms with Gasteiger partial charge >= 0.3 is 0 Å². The molecule has 1 N–H and O–H groups in total. The number of hydrogen-bond acceptors (Lipinski definition) is 4. The van der Waals surface area contributed by atoms with Crippen LogP contribution in [0.3, 0.4) is 0 Å². The summed E-state index contributed by atoms with van der Waals surface area (Å²) in [5.74, 6) is 1.11. The Morgan fingerprint density at radius 2 is 1.83 bits per heavy atom. The standard InChI is InChI=1S/C19H22N2O3/c1-13-9-14(2)19(15(3)10-13)24-12-18(22)21-20-11-16-7-5-6-8-17(16)23-4/h5-11H,12H2,1-4H3,(H,21,22)/b20-11-. The second-order valence-corrected chi connectivity index (χ2v) is 5.55. The minimum absolute atomic E-state index is 0.0893. The number of para-hydroxylation sites is 1. The zero-order valence-electron chi connectivity index (χ0n) is 14.4. The van der Waals surface area contributed by atoms with Crippen LogP contribution in [0.15, 0.2) is 41.5 Å². The Kier molecular flexibility index (Phi) is 5.95. The molecule has 0 radical (unpaired) electrons. The van der Waals surface area contributed by atoms with Gasteiger partial charge in [0.2, 0.25) is 0 Å². The van der Waals surface area contributed by atoms with Gasteiger partial charge in [0.15, 0.2) is 6.61 Å². The first kappa shape index (κ1) is 17.5. The van der Waals surface area contributed by atoms with Crippen LogP contribution >= 0.6 is 0 Å². The number of carbonyl (C=O) groups is 1. The van der Waals surface area contributed by atoms with E-state index in [0.29, 0.717) is 5.75 Å². The molecule has 5 heteroatoms. The molecule has 0 saturated carbocycles. The minimum atomic E-state index is -0.319. The van der Waals surface area contributed by atoms with Crippen LogP contribution in [0.5, 0.6) is 11.5 Å². The summed E-state index contributed by atoms with van der Waals surface area (Å²) in [6.07, 6.45) is 1.54. The van der Waals surface area contributed by atoms with Gasteiger partial charge < -0.3 is 9.47 Å². The fourth-order valence-corrected chi connectivity index (χ4v) is 2.51. The molecule has 2 rings (SSSR count). The van der Waals surface area contributed by atoms with Gasteiger partial charge in [-0.1, -0.05) is 29.8 Å². The summed E-state index contributed by atoms with van der Waals surface area (Å²) in [6.45, 7) is 5.87. The molecule has 0 aliphatic carbocycles. The number of amides is 1. The van der Waals surface area contributed by atoms with Crippen molar-refractivity contribution in [2.24, 2.45) is 5.10 Å². The third-order valence-electron chi connectivity index (χ3n) is 3.48. The van der Waals surface area contributed by atoms with Crippen molar-refractivity contribution in [2.75, 3.05) is 13.7 Å². The molecule has 5 nitrogen and oxygen atoms in total. The van der Waals surface area contributed by atoms with Crippen molar-refractivity contribution in [3.05, 3.63) is 58.7 Å². The van der Waals surface area contributed by atoms with Crippen LogP contribution in [0.1, 0.15) is 22.3 Å². The van der Waals surface area contributed by atoms with Crippen LogP contribution in [0, 0.1) is 20.8 Å². The molecule has 0 atom stereocenters. The second kappa shape index (κ2) is 8.15. The number of benzene rings is 2. The SMILES string of the molecule is COc1ccccc1/C=N\NC(=O)COc1c(C)cc(C)cc1C. The molecular weight excluding hydrogens is 304 g/mol. The van der Waals surface area contributed by atoms with Crippen molar-refractivity contribution in [2.45, 2.75) is 20.8 Å². The average molecular weight is 326 g/mol. The van der Waals surface area contributed by atoms with Crippen LogP contribution < -0.4 is 14.9 Å². The molecule has 0 bridgehead atoms. The predicted octanol–water partition coefficient (Wildman–Crippen LogP) is 3.15. The lowest BCUT2D eigenvalue weighted by molar-refractivity contribution is -0.123. The molecule has 126 valence electrons. The van der Waals surface area contributed by atoms with Gasteiger partial charge in [0, 0.05) is 5.56 Å². The van der Waals surface area contributed by atoms with Crippen LogP contribution in [0.2, 0.25) is 0 Å². The first-order valence-corrected chi connectivity index (χ1v) is 7.67. The van der Waals surface area contributed by atoms with E-state index in [2.05, 4.69) is 10.5 Å². The Balaban J connectivity index is 1.91. The Hall–Kier alpha value is -2.82. The Bertz CT molecular complexity index is 731. The van der Waals surface area contributed by atoms with E-state index in [1.165, 1.54) is 5.56 Å². The highest BCUT2D eigenvalue weighted by atomic mass is 16.5. The molecule has 2 aromatic rings. The van der Waals surface area contributed by atoms with E-state index in [9.17, 15) is 4.79 Å². The predicted molar refractivity (Wildman–Crippen MR) is 94.9 cm³/mol. The van der Waals surface area contributed by atoms with Crippen molar-refractivity contribution in [3.8, 4) is 11.5 Å². The third-order valence-corrected chi connectivity index (χ3v) is 3.48. The van der Waals surface area contributed by atoms with Crippen LogP contribution in [0.25, 0.3) is 0 Å². The summed E-state index contributed by atoms with van der Waals surface area (Å²) in [4.78, 5) is 11.9. The first-order valence-electron chi connectivity index (χ1n) is 7.67. The molecule has 0 heterocycles. The summed E-state index contributed by atoms with van der Waals surface area (Å²) >= 11 is 0. The van der Waals surface area contributed by atoms with Gasteiger partial charge in [-0.05, 0) is 44.0 Å². The quantitative estimate of drug-likeness (QED) is 0.655. The van der Waals surface area contributed by atoms with E-state index < -0.39 is 0 Å². The van der Waals surface area contributed by atoms with Gasteiger partial charge in [-0.3, -0.25) is 4.79 Å². The van der Waals surface area contributed by atoms with Crippen LogP contribution in [-0.2, 0) is 4.79 Å². The molecule has 0 unspecified atom stereocenters. The van der Waals surface area contributed by atoms with Crippen molar-refractivity contribution < 1.29 is 14.3 Å². The number of methoxy groups -OCH3 is 1. The van der Waals surface area contributed by atoms with E-state index in [0.717, 1.165) is 22.4 Å². The zero-order chi connectivity index (χ0) is 17.5. The number of hydrogen-bond donors (Lipinski definition) is 1. The number of nitrogens with one attached hydrogen (secondary N) is 1. The van der Waals surface area contributed by atoms with E-state index in [-0.39, 0.29) is 12.5 Å². The Labute approximate surface area is 142 Å². The van der Waals surface area contributed by atoms with Gasteiger partial charge in [0.05, 0.1) is 13.3 Å². The first-order chi connectivity index (χ1) is 11.5. The minimum Gasteiger partial charge on any atom is -0.496 e. The van der Waals surface area contributed by atoms with E-state index in [1.807, 2.05) is 57.2 Å². The van der Waals surface area contributed by atoms with Crippen LogP contribution in [0.4, 0.5) is 0 Å². The highest BCUT2D eigenvalue weighted by molar-refractivity contribution is 5.85. The van der Waals surface area contributed by atoms with Gasteiger partial charge in [0.25, 0.3) is 5.91 Å². The topological polar surface area (TPSA) is 59.9 Å². The van der Waals surface area contributed by atoms with Crippen molar-refractivity contribution in [1.29, 1.82) is 0 Å². The summed E-state index contributed by atoms with van der Waals surface area (Å²) in [7, 11) is 1.59. The maximum absolute atomic E-state index is 11.9. The molecule has 0 aliphatic rings.